The van der Waals surface area contributed by atoms with Crippen molar-refractivity contribution in [3.05, 3.63) is 0 Å². The van der Waals surface area contributed by atoms with E-state index in [1.165, 1.54) is 4.90 Å². The smallest absolute Gasteiger partial charge is 0.325 e. The van der Waals surface area contributed by atoms with E-state index in [-0.39, 0.29) is 30.6 Å². The van der Waals surface area contributed by atoms with Crippen molar-refractivity contribution in [2.24, 2.45) is 5.92 Å². The Hall–Kier alpha value is -1.11. The molecule has 0 aromatic heterocycles. The Kier molecular flexibility index (Phi) is 5.13. The monoisotopic (exact) mass is 277 g/mol. The second-order valence-corrected chi connectivity index (χ2v) is 6.49. The van der Waals surface area contributed by atoms with Crippen LogP contribution in [0.25, 0.3) is 0 Å². The molecule has 1 atom stereocenters. The van der Waals surface area contributed by atoms with Crippen LogP contribution in [-0.2, 0) is 24.2 Å². The van der Waals surface area contributed by atoms with E-state index >= 15 is 0 Å². The molecule has 0 bridgehead atoms. The number of hydrogen-bond acceptors (Lipinski definition) is 5. The van der Waals surface area contributed by atoms with Gasteiger partial charge in [-0.2, -0.15) is 0 Å². The lowest BCUT2D eigenvalue weighted by atomic mass is 10.1. The molecule has 1 aliphatic rings. The highest BCUT2D eigenvalue weighted by Crippen LogP contribution is 2.20. The van der Waals surface area contributed by atoms with Gasteiger partial charge in [0.25, 0.3) is 0 Å². The Bertz CT molecular complexity index is 417. The SMILES string of the molecule is CCOC(=O)CN(CC)C(=O)C1CCS(=O)(=O)C1. The minimum Gasteiger partial charge on any atom is -0.465 e. The third-order valence-electron chi connectivity index (χ3n) is 2.90. The van der Waals surface area contributed by atoms with E-state index in [0.29, 0.717) is 13.0 Å². The molecular weight excluding hydrogens is 258 g/mol. The largest absolute Gasteiger partial charge is 0.465 e. The summed E-state index contributed by atoms with van der Waals surface area (Å²) in [4.78, 5) is 24.7. The van der Waals surface area contributed by atoms with Crippen molar-refractivity contribution in [2.45, 2.75) is 20.3 Å². The van der Waals surface area contributed by atoms with Gasteiger partial charge >= 0.3 is 5.97 Å². The maximum Gasteiger partial charge on any atom is 0.325 e. The first kappa shape index (κ1) is 14.9. The van der Waals surface area contributed by atoms with Crippen LogP contribution < -0.4 is 0 Å². The van der Waals surface area contributed by atoms with E-state index in [4.69, 9.17) is 4.74 Å². The Morgan fingerprint density at radius 1 is 1.33 bits per heavy atom. The minimum absolute atomic E-state index is 0.0559. The molecule has 1 aliphatic heterocycles. The summed E-state index contributed by atoms with van der Waals surface area (Å²) < 4.78 is 27.4. The van der Waals surface area contributed by atoms with Gasteiger partial charge < -0.3 is 9.64 Å². The summed E-state index contributed by atoms with van der Waals surface area (Å²) in [5.41, 5.74) is 0. The number of hydrogen-bond donors (Lipinski definition) is 0. The van der Waals surface area contributed by atoms with E-state index in [1.54, 1.807) is 13.8 Å². The molecule has 0 aromatic rings. The zero-order valence-corrected chi connectivity index (χ0v) is 11.5. The Morgan fingerprint density at radius 2 is 2.00 bits per heavy atom. The zero-order chi connectivity index (χ0) is 13.8. The second-order valence-electron chi connectivity index (χ2n) is 4.26. The second kappa shape index (κ2) is 6.17. The summed E-state index contributed by atoms with van der Waals surface area (Å²) in [5.74, 6) is -1.30. The van der Waals surface area contributed by atoms with Crippen LogP contribution in [0.1, 0.15) is 20.3 Å². The molecule has 1 amide bonds. The highest BCUT2D eigenvalue weighted by molar-refractivity contribution is 7.91. The van der Waals surface area contributed by atoms with Crippen molar-refractivity contribution >= 4 is 21.7 Å². The molecule has 0 radical (unpaired) electrons. The minimum atomic E-state index is -3.08. The molecule has 6 nitrogen and oxygen atoms in total. The number of sulfone groups is 1. The topological polar surface area (TPSA) is 80.8 Å². The van der Waals surface area contributed by atoms with Crippen LogP contribution in [0.5, 0.6) is 0 Å². The van der Waals surface area contributed by atoms with Crippen molar-refractivity contribution in [1.82, 2.24) is 4.90 Å². The van der Waals surface area contributed by atoms with E-state index in [9.17, 15) is 18.0 Å². The van der Waals surface area contributed by atoms with Crippen molar-refractivity contribution in [1.29, 1.82) is 0 Å². The first-order valence-electron chi connectivity index (χ1n) is 6.04. The maximum atomic E-state index is 12.1. The summed E-state index contributed by atoms with van der Waals surface area (Å²) in [7, 11) is -3.08. The molecule has 0 spiro atoms. The lowest BCUT2D eigenvalue weighted by molar-refractivity contribution is -0.149. The van der Waals surface area contributed by atoms with Crippen LogP contribution in [0.4, 0.5) is 0 Å². The fourth-order valence-corrected chi connectivity index (χ4v) is 3.69. The third kappa shape index (κ3) is 3.97. The molecule has 1 heterocycles. The van der Waals surface area contributed by atoms with Crippen LogP contribution >= 0.6 is 0 Å². The highest BCUT2D eigenvalue weighted by Gasteiger charge is 2.35. The van der Waals surface area contributed by atoms with Gasteiger partial charge in [0, 0.05) is 6.54 Å². The van der Waals surface area contributed by atoms with Crippen molar-refractivity contribution in [2.75, 3.05) is 31.2 Å². The lowest BCUT2D eigenvalue weighted by Crippen LogP contribution is -2.40. The Morgan fingerprint density at radius 3 is 2.44 bits per heavy atom. The molecule has 0 N–H and O–H groups in total. The molecule has 0 aromatic carbocycles. The van der Waals surface area contributed by atoms with Crippen molar-refractivity contribution in [3.8, 4) is 0 Å². The average molecular weight is 277 g/mol. The summed E-state index contributed by atoms with van der Waals surface area (Å²) in [6, 6.07) is 0. The first-order chi connectivity index (χ1) is 8.39. The van der Waals surface area contributed by atoms with Gasteiger partial charge in [-0.15, -0.1) is 0 Å². The number of esters is 1. The standard InChI is InChI=1S/C11H19NO5S/c1-3-12(7-10(13)17-4-2)11(14)9-5-6-18(15,16)8-9/h9H,3-8H2,1-2H3. The van der Waals surface area contributed by atoms with E-state index in [2.05, 4.69) is 0 Å². The Labute approximate surface area is 107 Å². The van der Waals surface area contributed by atoms with Gasteiger partial charge in [-0.25, -0.2) is 8.42 Å². The van der Waals surface area contributed by atoms with Gasteiger partial charge in [0.2, 0.25) is 5.91 Å². The van der Waals surface area contributed by atoms with Crippen LogP contribution in [0.2, 0.25) is 0 Å². The number of carbonyl (C=O) groups is 2. The van der Waals surface area contributed by atoms with Crippen LogP contribution in [0, 0.1) is 5.92 Å². The normalized spacial score (nSPS) is 21.6. The lowest BCUT2D eigenvalue weighted by Gasteiger charge is -2.22. The number of carbonyl (C=O) groups excluding carboxylic acids is 2. The highest BCUT2D eigenvalue weighted by atomic mass is 32.2. The molecule has 0 aliphatic carbocycles. The molecule has 104 valence electrons. The van der Waals surface area contributed by atoms with Crippen molar-refractivity contribution < 1.29 is 22.7 Å². The average Bonchev–Trinajstić information content (AvgIpc) is 2.66. The number of likely N-dealkylation sites (N-methyl/N-ethyl adjacent to an activating group) is 1. The third-order valence-corrected chi connectivity index (χ3v) is 4.67. The molecule has 0 saturated carbocycles. The van der Waals surface area contributed by atoms with E-state index in [0.717, 1.165) is 0 Å². The zero-order valence-electron chi connectivity index (χ0n) is 10.7. The number of ether oxygens (including phenoxy) is 1. The fourth-order valence-electron chi connectivity index (χ4n) is 1.96. The molecular formula is C11H19NO5S. The van der Waals surface area contributed by atoms with Gasteiger partial charge in [0.05, 0.1) is 24.0 Å². The van der Waals surface area contributed by atoms with Gasteiger partial charge in [0.1, 0.15) is 6.54 Å². The molecule has 7 heteroatoms. The molecule has 1 unspecified atom stereocenters. The van der Waals surface area contributed by atoms with Gasteiger partial charge in [-0.1, -0.05) is 0 Å². The number of nitrogens with zero attached hydrogens (tertiary/aromatic N) is 1. The summed E-state index contributed by atoms with van der Waals surface area (Å²) >= 11 is 0. The van der Waals surface area contributed by atoms with Gasteiger partial charge in [-0.3, -0.25) is 9.59 Å². The number of rotatable bonds is 5. The molecule has 1 fully saturated rings. The Balaban J connectivity index is 2.60. The van der Waals surface area contributed by atoms with E-state index in [1.807, 2.05) is 0 Å². The quantitative estimate of drug-likeness (QED) is 0.652. The predicted octanol–water partition coefficient (Wildman–Crippen LogP) is -0.167. The van der Waals surface area contributed by atoms with E-state index < -0.39 is 21.7 Å². The van der Waals surface area contributed by atoms with Crippen LogP contribution in [0.15, 0.2) is 0 Å². The van der Waals surface area contributed by atoms with Crippen molar-refractivity contribution in [3.63, 3.8) is 0 Å². The van der Waals surface area contributed by atoms with Gasteiger partial charge in [-0.05, 0) is 20.3 Å². The molecule has 18 heavy (non-hydrogen) atoms. The maximum absolute atomic E-state index is 12.1. The molecule has 1 saturated heterocycles. The van der Waals surface area contributed by atoms with Crippen LogP contribution in [0.3, 0.4) is 0 Å². The fraction of sp³-hybridized carbons (Fsp3) is 0.818. The molecule has 1 rings (SSSR count). The van der Waals surface area contributed by atoms with Crippen LogP contribution in [-0.4, -0.2) is 56.4 Å². The first-order valence-corrected chi connectivity index (χ1v) is 7.86. The predicted molar refractivity (Wildman–Crippen MR) is 65.6 cm³/mol. The summed E-state index contributed by atoms with van der Waals surface area (Å²) in [6.07, 6.45) is 0.348. The summed E-state index contributed by atoms with van der Waals surface area (Å²) in [6.45, 7) is 3.97. The van der Waals surface area contributed by atoms with Gasteiger partial charge in [0.15, 0.2) is 9.84 Å². The number of amides is 1. The summed E-state index contributed by atoms with van der Waals surface area (Å²) in [5, 5.41) is 0.